The van der Waals surface area contributed by atoms with Crippen LogP contribution in [-0.2, 0) is 0 Å². The number of fused-ring (bicyclic) bond motifs is 1. The number of rotatable bonds is 0. The minimum atomic E-state index is 0. The molecular weight excluding hydrogens is 204 g/mol. The van der Waals surface area contributed by atoms with Crippen molar-refractivity contribution in [2.75, 3.05) is 0 Å². The second kappa shape index (κ2) is 3.44. The molecule has 0 unspecified atom stereocenters. The van der Waals surface area contributed by atoms with Crippen LogP contribution < -0.4 is 22.1 Å². The third-order valence-corrected chi connectivity index (χ3v) is 1.49. The first kappa shape index (κ1) is 8.14. The van der Waals surface area contributed by atoms with E-state index in [1.54, 1.807) is 0 Å². The van der Waals surface area contributed by atoms with E-state index in [1.807, 2.05) is 36.7 Å². The number of aromatic amines is 1. The molecule has 0 radical (unpaired) electrons. The van der Waals surface area contributed by atoms with Gasteiger partial charge in [0.25, 0.3) is 0 Å². The minimum absolute atomic E-state index is 0. The van der Waals surface area contributed by atoms with E-state index in [1.165, 1.54) is 10.8 Å². The van der Waals surface area contributed by atoms with Crippen LogP contribution in [0, 0.1) is 0 Å². The quantitative estimate of drug-likeness (QED) is 0.497. The third kappa shape index (κ3) is 1.54. The SMILES string of the molecule is [Br-].c1ccc2c[nH+]ncc2c1. The topological polar surface area (TPSA) is 27.0 Å². The van der Waals surface area contributed by atoms with Gasteiger partial charge in [0.15, 0.2) is 0 Å². The Labute approximate surface area is 75.0 Å². The molecule has 1 heterocycles. The molecule has 0 aliphatic heterocycles. The fourth-order valence-electron chi connectivity index (χ4n) is 0.974. The molecule has 0 amide bonds. The van der Waals surface area contributed by atoms with E-state index >= 15 is 0 Å². The molecule has 0 aliphatic rings. The summed E-state index contributed by atoms with van der Waals surface area (Å²) in [6.45, 7) is 0. The Bertz CT molecular complexity index is 283. The molecule has 1 aromatic heterocycles. The number of hydrogen-bond acceptors (Lipinski definition) is 1. The molecule has 0 spiro atoms. The van der Waals surface area contributed by atoms with Crippen LogP contribution in [0.15, 0.2) is 36.7 Å². The minimum Gasteiger partial charge on any atom is -1.00 e. The van der Waals surface area contributed by atoms with Crippen LogP contribution in [0.3, 0.4) is 0 Å². The monoisotopic (exact) mass is 210 g/mol. The van der Waals surface area contributed by atoms with Crippen molar-refractivity contribution in [2.24, 2.45) is 0 Å². The van der Waals surface area contributed by atoms with Crippen LogP contribution >= 0.6 is 0 Å². The van der Waals surface area contributed by atoms with Crippen molar-refractivity contribution in [3.8, 4) is 0 Å². The number of benzene rings is 1. The average Bonchev–Trinajstić information content (AvgIpc) is 2.05. The molecule has 0 saturated carbocycles. The van der Waals surface area contributed by atoms with E-state index in [4.69, 9.17) is 0 Å². The number of nitrogens with zero attached hydrogens (tertiary/aromatic N) is 1. The van der Waals surface area contributed by atoms with E-state index in [2.05, 4.69) is 10.2 Å². The summed E-state index contributed by atoms with van der Waals surface area (Å²) in [7, 11) is 0. The maximum Gasteiger partial charge on any atom is 0.201 e. The molecule has 2 rings (SSSR count). The van der Waals surface area contributed by atoms with Gasteiger partial charge >= 0.3 is 0 Å². The predicted octanol–water partition coefficient (Wildman–Crippen LogP) is -1.95. The number of H-pyrrole nitrogens is 1. The lowest BCUT2D eigenvalue weighted by atomic mass is 10.2. The molecule has 1 aromatic carbocycles. The van der Waals surface area contributed by atoms with Crippen LogP contribution in [0.5, 0.6) is 0 Å². The van der Waals surface area contributed by atoms with Crippen molar-refractivity contribution in [1.29, 1.82) is 0 Å². The Kier molecular flexibility index (Phi) is 2.54. The van der Waals surface area contributed by atoms with E-state index in [0.717, 1.165) is 0 Å². The van der Waals surface area contributed by atoms with Crippen LogP contribution in [0.4, 0.5) is 0 Å². The highest BCUT2D eigenvalue weighted by molar-refractivity contribution is 5.79. The van der Waals surface area contributed by atoms with Gasteiger partial charge in [0.05, 0.1) is 0 Å². The zero-order chi connectivity index (χ0) is 6.81. The summed E-state index contributed by atoms with van der Waals surface area (Å²) in [6, 6.07) is 8.10. The molecule has 2 nitrogen and oxygen atoms in total. The van der Waals surface area contributed by atoms with Crippen molar-refractivity contribution in [3.05, 3.63) is 36.7 Å². The van der Waals surface area contributed by atoms with Gasteiger partial charge in [-0.3, -0.25) is 0 Å². The van der Waals surface area contributed by atoms with Crippen molar-refractivity contribution in [2.45, 2.75) is 0 Å². The summed E-state index contributed by atoms with van der Waals surface area (Å²) in [6.07, 6.45) is 3.70. The molecule has 0 atom stereocenters. The predicted molar refractivity (Wildman–Crippen MR) is 38.3 cm³/mol. The van der Waals surface area contributed by atoms with Gasteiger partial charge in [-0.25, -0.2) is 0 Å². The van der Waals surface area contributed by atoms with E-state index in [0.29, 0.717) is 0 Å². The number of halogens is 1. The highest BCUT2D eigenvalue weighted by Gasteiger charge is 1.91. The molecule has 0 fully saturated rings. The molecule has 3 heteroatoms. The fraction of sp³-hybridized carbons (Fsp3) is 0. The van der Waals surface area contributed by atoms with Gasteiger partial charge in [-0.15, -0.1) is 5.10 Å². The first-order valence-electron chi connectivity index (χ1n) is 3.18. The largest absolute Gasteiger partial charge is 1.00 e. The molecule has 2 aromatic rings. The van der Waals surface area contributed by atoms with Crippen molar-refractivity contribution >= 4 is 10.8 Å². The summed E-state index contributed by atoms with van der Waals surface area (Å²) in [5.41, 5.74) is 0. The second-order valence-electron chi connectivity index (χ2n) is 2.16. The van der Waals surface area contributed by atoms with E-state index < -0.39 is 0 Å². The maximum absolute atomic E-state index is 3.89. The third-order valence-electron chi connectivity index (χ3n) is 1.49. The van der Waals surface area contributed by atoms with Gasteiger partial charge in [0.1, 0.15) is 6.20 Å². The van der Waals surface area contributed by atoms with E-state index in [9.17, 15) is 0 Å². The molecule has 11 heavy (non-hydrogen) atoms. The number of nitrogens with one attached hydrogen (secondary N) is 1. The smallest absolute Gasteiger partial charge is 0.201 e. The molecular formula is C8H7BrN2. The number of hydrogen-bond donors (Lipinski definition) is 0. The van der Waals surface area contributed by atoms with Crippen molar-refractivity contribution < 1.29 is 22.1 Å². The molecule has 0 saturated heterocycles. The lowest BCUT2D eigenvalue weighted by Crippen LogP contribution is -3.00. The van der Waals surface area contributed by atoms with E-state index in [-0.39, 0.29) is 17.0 Å². The summed E-state index contributed by atoms with van der Waals surface area (Å²) in [4.78, 5) is 0. The van der Waals surface area contributed by atoms with Gasteiger partial charge in [-0.05, 0) is 11.2 Å². The Hall–Kier alpha value is -0.960. The van der Waals surface area contributed by atoms with Crippen LogP contribution in [0.25, 0.3) is 10.8 Å². The molecule has 0 bridgehead atoms. The number of aromatic nitrogens is 2. The highest BCUT2D eigenvalue weighted by Crippen LogP contribution is 2.06. The van der Waals surface area contributed by atoms with Gasteiger partial charge in [-0.2, -0.15) is 0 Å². The Morgan fingerprint density at radius 1 is 1.09 bits per heavy atom. The van der Waals surface area contributed by atoms with Crippen LogP contribution in [0.1, 0.15) is 0 Å². The van der Waals surface area contributed by atoms with Gasteiger partial charge in [-0.1, -0.05) is 18.2 Å². The summed E-state index contributed by atoms with van der Waals surface area (Å²) < 4.78 is 0. The van der Waals surface area contributed by atoms with Gasteiger partial charge < -0.3 is 17.0 Å². The van der Waals surface area contributed by atoms with Gasteiger partial charge in [0.2, 0.25) is 6.20 Å². The molecule has 56 valence electrons. The van der Waals surface area contributed by atoms with Gasteiger partial charge in [0, 0.05) is 10.8 Å². The molecule has 1 N–H and O–H groups in total. The fourth-order valence-corrected chi connectivity index (χ4v) is 0.974. The summed E-state index contributed by atoms with van der Waals surface area (Å²) in [5, 5.41) is 9.03. The zero-order valence-electron chi connectivity index (χ0n) is 5.79. The standard InChI is InChI=1S/C8H6N2.BrH/c1-2-4-8-6-10-9-5-7(8)3-1;/h1-6H;1H. The lowest BCUT2D eigenvalue weighted by Gasteiger charge is -1.86. The zero-order valence-corrected chi connectivity index (χ0v) is 7.38. The maximum atomic E-state index is 3.89. The first-order valence-corrected chi connectivity index (χ1v) is 3.18. The highest BCUT2D eigenvalue weighted by atomic mass is 79.9. The Morgan fingerprint density at radius 2 is 1.82 bits per heavy atom. The lowest BCUT2D eigenvalue weighted by molar-refractivity contribution is -0.453. The summed E-state index contributed by atoms with van der Waals surface area (Å²) >= 11 is 0. The molecule has 0 aliphatic carbocycles. The Morgan fingerprint density at radius 3 is 2.55 bits per heavy atom. The first-order chi connectivity index (χ1) is 4.97. The van der Waals surface area contributed by atoms with Crippen molar-refractivity contribution in [1.82, 2.24) is 5.10 Å². The van der Waals surface area contributed by atoms with Crippen LogP contribution in [0.2, 0.25) is 0 Å². The average molecular weight is 211 g/mol. The second-order valence-corrected chi connectivity index (χ2v) is 2.16. The van der Waals surface area contributed by atoms with Crippen molar-refractivity contribution in [3.63, 3.8) is 0 Å². The normalized spacial score (nSPS) is 9.09. The van der Waals surface area contributed by atoms with Crippen LogP contribution in [-0.4, -0.2) is 5.10 Å². The Balaban J connectivity index is 0.000000605. The summed E-state index contributed by atoms with van der Waals surface area (Å²) in [5.74, 6) is 0.